The quantitative estimate of drug-likeness (QED) is 0.396. The van der Waals surface area contributed by atoms with E-state index in [1.54, 1.807) is 48.5 Å². The zero-order chi connectivity index (χ0) is 23.9. The van der Waals surface area contributed by atoms with Crippen LogP contribution in [0.25, 0.3) is 0 Å². The molecule has 3 aromatic carbocycles. The van der Waals surface area contributed by atoms with Gasteiger partial charge in [0.2, 0.25) is 0 Å². The van der Waals surface area contributed by atoms with Gasteiger partial charge in [0, 0.05) is 57.7 Å². The number of phenols is 4. The average molecular weight is 449 g/mol. The number of hydrogen-bond acceptors (Lipinski definition) is 6. The first-order chi connectivity index (χ1) is 15.7. The molecule has 0 aliphatic carbocycles. The summed E-state index contributed by atoms with van der Waals surface area (Å²) in [6.45, 7) is 7.95. The Morgan fingerprint density at radius 2 is 1.61 bits per heavy atom. The highest BCUT2D eigenvalue weighted by molar-refractivity contribution is 5.58. The van der Waals surface area contributed by atoms with Crippen LogP contribution in [-0.2, 0) is 5.41 Å². The molecular weight excluding hydrogens is 420 g/mol. The summed E-state index contributed by atoms with van der Waals surface area (Å²) in [6, 6.07) is 13.1. The van der Waals surface area contributed by atoms with Gasteiger partial charge in [-0.05, 0) is 18.2 Å². The standard InChI is InChI=1S/C27H28O6/c1-5-27(2,3)21-12-19(23(30)13-24(21)31)26-18-8-6-15(28)10-25(18)33-14-20(26)17-9-7-16(32-4)11-22(17)29/h5-13,20,26,28-31H,1,14H2,2-4H3/t20-,26+/m1/s1. The molecule has 172 valence electrons. The van der Waals surface area contributed by atoms with Crippen LogP contribution < -0.4 is 9.47 Å². The zero-order valence-electron chi connectivity index (χ0n) is 18.9. The van der Waals surface area contributed by atoms with Crippen molar-refractivity contribution in [2.24, 2.45) is 0 Å². The first kappa shape index (κ1) is 22.4. The van der Waals surface area contributed by atoms with E-state index >= 15 is 0 Å². The van der Waals surface area contributed by atoms with Crippen molar-refractivity contribution in [2.45, 2.75) is 31.1 Å². The molecule has 0 saturated carbocycles. The van der Waals surface area contributed by atoms with E-state index < -0.39 is 11.3 Å². The molecule has 0 radical (unpaired) electrons. The molecular formula is C27H28O6. The van der Waals surface area contributed by atoms with Crippen molar-refractivity contribution >= 4 is 0 Å². The maximum absolute atomic E-state index is 10.9. The Bertz CT molecular complexity index is 1210. The third-order valence-corrected chi connectivity index (χ3v) is 6.47. The number of fused-ring (bicyclic) bond motifs is 1. The number of aromatic hydroxyl groups is 4. The molecule has 6 nitrogen and oxygen atoms in total. The summed E-state index contributed by atoms with van der Waals surface area (Å²) in [7, 11) is 1.53. The molecule has 0 aromatic heterocycles. The van der Waals surface area contributed by atoms with Crippen LogP contribution in [0.4, 0.5) is 0 Å². The predicted octanol–water partition coefficient (Wildman–Crippen LogP) is 5.29. The maximum Gasteiger partial charge on any atom is 0.126 e. The van der Waals surface area contributed by atoms with Crippen LogP contribution in [0.15, 0.2) is 61.2 Å². The lowest BCUT2D eigenvalue weighted by atomic mass is 9.73. The highest BCUT2D eigenvalue weighted by Crippen LogP contribution is 2.52. The van der Waals surface area contributed by atoms with Crippen LogP contribution in [-0.4, -0.2) is 34.1 Å². The Kier molecular flexibility index (Phi) is 5.62. The van der Waals surface area contributed by atoms with Gasteiger partial charge in [0.05, 0.1) is 13.7 Å². The summed E-state index contributed by atoms with van der Waals surface area (Å²) in [5, 5.41) is 42.3. The number of rotatable bonds is 5. The van der Waals surface area contributed by atoms with Crippen LogP contribution in [0.3, 0.4) is 0 Å². The molecule has 4 N–H and O–H groups in total. The Morgan fingerprint density at radius 3 is 2.27 bits per heavy atom. The van der Waals surface area contributed by atoms with Crippen LogP contribution in [0.2, 0.25) is 0 Å². The van der Waals surface area contributed by atoms with Gasteiger partial charge < -0.3 is 29.9 Å². The normalized spacial score (nSPS) is 17.7. The minimum Gasteiger partial charge on any atom is -0.508 e. The SMILES string of the molecule is C=CC(C)(C)c1cc([C@@H]2c3ccc(O)cc3OC[C@@H]2c2ccc(OC)cc2O)c(O)cc1O. The number of hydrogen-bond donors (Lipinski definition) is 4. The van der Waals surface area contributed by atoms with Crippen LogP contribution in [0.5, 0.6) is 34.5 Å². The molecule has 6 heteroatoms. The summed E-state index contributed by atoms with van der Waals surface area (Å²) < 4.78 is 11.2. The van der Waals surface area contributed by atoms with Crippen molar-refractivity contribution in [3.8, 4) is 34.5 Å². The summed E-state index contributed by atoms with van der Waals surface area (Å²) in [4.78, 5) is 0. The molecule has 1 heterocycles. The topological polar surface area (TPSA) is 99.4 Å². The zero-order valence-corrected chi connectivity index (χ0v) is 18.9. The van der Waals surface area contributed by atoms with E-state index in [0.717, 1.165) is 5.56 Å². The highest BCUT2D eigenvalue weighted by Gasteiger charge is 2.37. The molecule has 3 aromatic rings. The van der Waals surface area contributed by atoms with E-state index in [1.807, 2.05) is 13.8 Å². The molecule has 4 rings (SSSR count). The van der Waals surface area contributed by atoms with Gasteiger partial charge in [-0.1, -0.05) is 32.1 Å². The molecule has 0 saturated heterocycles. The van der Waals surface area contributed by atoms with Crippen LogP contribution >= 0.6 is 0 Å². The number of benzene rings is 3. The van der Waals surface area contributed by atoms with Crippen molar-refractivity contribution in [1.29, 1.82) is 0 Å². The van der Waals surface area contributed by atoms with Gasteiger partial charge >= 0.3 is 0 Å². The van der Waals surface area contributed by atoms with Gasteiger partial charge in [-0.2, -0.15) is 0 Å². The third kappa shape index (κ3) is 3.93. The predicted molar refractivity (Wildman–Crippen MR) is 126 cm³/mol. The largest absolute Gasteiger partial charge is 0.508 e. The van der Waals surface area contributed by atoms with E-state index in [2.05, 4.69) is 6.58 Å². The number of allylic oxidation sites excluding steroid dienone is 1. The molecule has 2 atom stereocenters. The van der Waals surface area contributed by atoms with E-state index in [-0.39, 0.29) is 35.5 Å². The number of methoxy groups -OCH3 is 1. The highest BCUT2D eigenvalue weighted by atomic mass is 16.5. The van der Waals surface area contributed by atoms with Crippen molar-refractivity contribution in [3.63, 3.8) is 0 Å². The molecule has 1 aliphatic rings. The lowest BCUT2D eigenvalue weighted by Crippen LogP contribution is -2.26. The van der Waals surface area contributed by atoms with E-state index in [9.17, 15) is 20.4 Å². The van der Waals surface area contributed by atoms with E-state index in [0.29, 0.717) is 28.2 Å². The van der Waals surface area contributed by atoms with E-state index in [1.165, 1.54) is 13.2 Å². The molecule has 0 bridgehead atoms. The van der Waals surface area contributed by atoms with Gasteiger partial charge in [-0.25, -0.2) is 0 Å². The number of ether oxygens (including phenoxy) is 2. The van der Waals surface area contributed by atoms with Crippen molar-refractivity contribution in [2.75, 3.05) is 13.7 Å². The first-order valence-electron chi connectivity index (χ1n) is 10.7. The van der Waals surface area contributed by atoms with Gasteiger partial charge in [-0.3, -0.25) is 0 Å². The van der Waals surface area contributed by atoms with Gasteiger partial charge in [-0.15, -0.1) is 6.58 Å². The second-order valence-corrected chi connectivity index (χ2v) is 8.90. The first-order valence-corrected chi connectivity index (χ1v) is 10.7. The lowest BCUT2D eigenvalue weighted by molar-refractivity contribution is 0.243. The van der Waals surface area contributed by atoms with Gasteiger partial charge in [0.25, 0.3) is 0 Å². The Balaban J connectivity index is 1.96. The molecule has 0 amide bonds. The molecule has 33 heavy (non-hydrogen) atoms. The monoisotopic (exact) mass is 448 g/mol. The van der Waals surface area contributed by atoms with Crippen molar-refractivity contribution < 1.29 is 29.9 Å². The minimum atomic E-state index is -0.548. The molecule has 0 unspecified atom stereocenters. The molecule has 1 aliphatic heterocycles. The molecule has 0 spiro atoms. The minimum absolute atomic E-state index is 0.0250. The second-order valence-electron chi connectivity index (χ2n) is 8.90. The Hall–Kier alpha value is -3.80. The second kappa shape index (κ2) is 8.28. The fourth-order valence-electron chi connectivity index (χ4n) is 4.48. The summed E-state index contributed by atoms with van der Waals surface area (Å²) in [6.07, 6.45) is 1.74. The lowest BCUT2D eigenvalue weighted by Gasteiger charge is -2.36. The third-order valence-electron chi connectivity index (χ3n) is 6.47. The van der Waals surface area contributed by atoms with Crippen LogP contribution in [0, 0.1) is 0 Å². The average Bonchev–Trinajstić information content (AvgIpc) is 2.78. The summed E-state index contributed by atoms with van der Waals surface area (Å²) >= 11 is 0. The molecule has 0 fully saturated rings. The summed E-state index contributed by atoms with van der Waals surface area (Å²) in [5.41, 5.74) is 2.04. The number of phenolic OH excluding ortho intramolecular Hbond substituents is 4. The Morgan fingerprint density at radius 1 is 0.909 bits per heavy atom. The Labute approximate surface area is 193 Å². The maximum atomic E-state index is 10.9. The van der Waals surface area contributed by atoms with Crippen LogP contribution in [0.1, 0.15) is 47.9 Å². The van der Waals surface area contributed by atoms with E-state index in [4.69, 9.17) is 9.47 Å². The van der Waals surface area contributed by atoms with Gasteiger partial charge in [0.15, 0.2) is 0 Å². The fraction of sp³-hybridized carbons (Fsp3) is 0.259. The fourth-order valence-corrected chi connectivity index (χ4v) is 4.48. The summed E-state index contributed by atoms with van der Waals surface area (Å²) in [5.74, 6) is 0.278. The van der Waals surface area contributed by atoms with Gasteiger partial charge in [0.1, 0.15) is 34.5 Å². The van der Waals surface area contributed by atoms with Crippen molar-refractivity contribution in [1.82, 2.24) is 0 Å². The smallest absolute Gasteiger partial charge is 0.126 e. The van der Waals surface area contributed by atoms with Crippen molar-refractivity contribution in [3.05, 3.63) is 83.4 Å².